The number of carbonyl (C=O) groups excluding carboxylic acids is 1. The average Bonchev–Trinajstić information content (AvgIpc) is 3.17. The molecule has 0 radical (unpaired) electrons. The van der Waals surface area contributed by atoms with Crippen LogP contribution in [0.2, 0.25) is 0 Å². The standard InChI is InChI=1S/C13H15FN2O3S/c1-20-13(5-6-13)7-15-12(19)16-9-4-2-3-8(14)10(9)11(17)18/h2-4H,5-7H2,1H3,(H,17,18)(H2,15,16,19). The fourth-order valence-corrected chi connectivity index (χ4v) is 2.57. The van der Waals surface area contributed by atoms with Gasteiger partial charge in [-0.25, -0.2) is 14.0 Å². The summed E-state index contributed by atoms with van der Waals surface area (Å²) >= 11 is 1.70. The molecule has 7 heteroatoms. The Morgan fingerprint density at radius 2 is 2.15 bits per heavy atom. The second-order valence-electron chi connectivity index (χ2n) is 4.66. The zero-order chi connectivity index (χ0) is 14.8. The maximum absolute atomic E-state index is 13.4. The van der Waals surface area contributed by atoms with E-state index in [-0.39, 0.29) is 10.4 Å². The molecule has 0 unspecified atom stereocenters. The summed E-state index contributed by atoms with van der Waals surface area (Å²) in [6.45, 7) is 0.512. The molecule has 2 amide bonds. The smallest absolute Gasteiger partial charge is 0.340 e. The summed E-state index contributed by atoms with van der Waals surface area (Å²) in [4.78, 5) is 22.7. The second kappa shape index (κ2) is 5.70. The Balaban J connectivity index is 2.01. The number of nitrogens with one attached hydrogen (secondary N) is 2. The van der Waals surface area contributed by atoms with Crippen LogP contribution in [0.15, 0.2) is 18.2 Å². The van der Waals surface area contributed by atoms with Crippen LogP contribution >= 0.6 is 11.8 Å². The molecule has 1 saturated carbocycles. The molecule has 20 heavy (non-hydrogen) atoms. The third kappa shape index (κ3) is 3.22. The van der Waals surface area contributed by atoms with Gasteiger partial charge in [0.15, 0.2) is 0 Å². The van der Waals surface area contributed by atoms with Gasteiger partial charge in [-0.15, -0.1) is 0 Å². The van der Waals surface area contributed by atoms with Crippen LogP contribution in [-0.4, -0.2) is 34.7 Å². The van der Waals surface area contributed by atoms with Crippen molar-refractivity contribution in [1.29, 1.82) is 0 Å². The molecule has 0 saturated heterocycles. The quantitative estimate of drug-likeness (QED) is 0.780. The van der Waals surface area contributed by atoms with E-state index in [2.05, 4.69) is 10.6 Å². The Hall–Kier alpha value is -1.76. The number of amides is 2. The molecule has 0 atom stereocenters. The van der Waals surface area contributed by atoms with Gasteiger partial charge < -0.3 is 15.7 Å². The summed E-state index contributed by atoms with van der Waals surface area (Å²) in [5, 5.41) is 14.0. The number of urea groups is 1. The van der Waals surface area contributed by atoms with Gasteiger partial charge in [0.25, 0.3) is 0 Å². The first kappa shape index (κ1) is 14.6. The van der Waals surface area contributed by atoms with Crippen molar-refractivity contribution in [2.45, 2.75) is 17.6 Å². The number of carbonyl (C=O) groups is 2. The van der Waals surface area contributed by atoms with E-state index in [9.17, 15) is 14.0 Å². The lowest BCUT2D eigenvalue weighted by atomic mass is 10.1. The van der Waals surface area contributed by atoms with E-state index in [4.69, 9.17) is 5.11 Å². The molecule has 3 N–H and O–H groups in total. The van der Waals surface area contributed by atoms with Crippen molar-refractivity contribution in [3.05, 3.63) is 29.6 Å². The van der Waals surface area contributed by atoms with E-state index < -0.39 is 23.4 Å². The maximum Gasteiger partial charge on any atom is 0.340 e. The predicted molar refractivity (Wildman–Crippen MR) is 75.9 cm³/mol. The minimum atomic E-state index is -1.42. The minimum Gasteiger partial charge on any atom is -0.478 e. The number of hydrogen-bond donors (Lipinski definition) is 3. The fourth-order valence-electron chi connectivity index (χ4n) is 1.85. The summed E-state index contributed by atoms with van der Waals surface area (Å²) in [7, 11) is 0. The third-order valence-electron chi connectivity index (χ3n) is 3.29. The number of hydrogen-bond acceptors (Lipinski definition) is 3. The number of halogens is 1. The number of carboxylic acid groups (broad SMARTS) is 1. The van der Waals surface area contributed by atoms with E-state index in [0.717, 1.165) is 18.9 Å². The maximum atomic E-state index is 13.4. The van der Waals surface area contributed by atoms with Crippen molar-refractivity contribution >= 4 is 29.4 Å². The predicted octanol–water partition coefficient (Wildman–Crippen LogP) is 2.54. The van der Waals surface area contributed by atoms with Gasteiger partial charge in [-0.3, -0.25) is 0 Å². The Kier molecular flexibility index (Phi) is 4.17. The van der Waals surface area contributed by atoms with E-state index in [1.54, 1.807) is 11.8 Å². The van der Waals surface area contributed by atoms with Crippen molar-refractivity contribution in [1.82, 2.24) is 5.32 Å². The Labute approximate surface area is 119 Å². The molecule has 1 aromatic carbocycles. The highest BCUT2D eigenvalue weighted by molar-refractivity contribution is 8.00. The van der Waals surface area contributed by atoms with Crippen molar-refractivity contribution < 1.29 is 19.1 Å². The van der Waals surface area contributed by atoms with Crippen molar-refractivity contribution in [3.63, 3.8) is 0 Å². The van der Waals surface area contributed by atoms with Gasteiger partial charge in [0.2, 0.25) is 0 Å². The molecule has 0 aromatic heterocycles. The lowest BCUT2D eigenvalue weighted by molar-refractivity contribution is 0.0693. The third-order valence-corrected chi connectivity index (χ3v) is 4.71. The lowest BCUT2D eigenvalue weighted by Crippen LogP contribution is -2.35. The van der Waals surface area contributed by atoms with Crippen molar-refractivity contribution in [2.24, 2.45) is 0 Å². The number of thioether (sulfide) groups is 1. The first-order valence-corrected chi connectivity index (χ1v) is 7.32. The highest BCUT2D eigenvalue weighted by Gasteiger charge is 2.41. The summed E-state index contributed by atoms with van der Waals surface area (Å²) in [6, 6.07) is 3.22. The molecule has 0 aliphatic heterocycles. The Morgan fingerprint density at radius 3 is 2.70 bits per heavy atom. The first-order valence-electron chi connectivity index (χ1n) is 6.09. The molecule has 5 nitrogen and oxygen atoms in total. The van der Waals surface area contributed by atoms with Crippen molar-refractivity contribution in [2.75, 3.05) is 18.1 Å². The molecule has 0 bridgehead atoms. The second-order valence-corrected chi connectivity index (χ2v) is 5.94. The largest absolute Gasteiger partial charge is 0.478 e. The number of rotatable bonds is 5. The van der Waals surface area contributed by atoms with Crippen LogP contribution in [0.5, 0.6) is 0 Å². The first-order chi connectivity index (χ1) is 9.47. The molecule has 0 spiro atoms. The summed E-state index contributed by atoms with van der Waals surface area (Å²) in [5.41, 5.74) is -0.586. The monoisotopic (exact) mass is 298 g/mol. The van der Waals surface area contributed by atoms with Crippen LogP contribution < -0.4 is 10.6 Å². The topological polar surface area (TPSA) is 78.4 Å². The number of anilines is 1. The molecule has 0 heterocycles. The highest BCUT2D eigenvalue weighted by atomic mass is 32.2. The van der Waals surface area contributed by atoms with Crippen LogP contribution in [0, 0.1) is 5.82 Å². The van der Waals surface area contributed by atoms with Gasteiger partial charge in [0, 0.05) is 11.3 Å². The van der Waals surface area contributed by atoms with Gasteiger partial charge >= 0.3 is 12.0 Å². The molecule has 108 valence electrons. The van der Waals surface area contributed by atoms with Crippen LogP contribution in [0.25, 0.3) is 0 Å². The average molecular weight is 298 g/mol. The molecule has 2 rings (SSSR count). The summed E-state index contributed by atoms with van der Waals surface area (Å²) in [6.07, 6.45) is 4.09. The minimum absolute atomic E-state index is 0.0519. The van der Waals surface area contributed by atoms with E-state index in [0.29, 0.717) is 6.54 Å². The van der Waals surface area contributed by atoms with Crippen molar-refractivity contribution in [3.8, 4) is 0 Å². The lowest BCUT2D eigenvalue weighted by Gasteiger charge is -2.14. The molecule has 1 aromatic rings. The van der Waals surface area contributed by atoms with Gasteiger partial charge in [-0.1, -0.05) is 6.07 Å². The van der Waals surface area contributed by atoms with Gasteiger partial charge in [-0.2, -0.15) is 11.8 Å². The van der Waals surface area contributed by atoms with Crippen LogP contribution in [0.4, 0.5) is 14.9 Å². The fraction of sp³-hybridized carbons (Fsp3) is 0.385. The van der Waals surface area contributed by atoms with Crippen LogP contribution in [0.3, 0.4) is 0 Å². The van der Waals surface area contributed by atoms with Crippen LogP contribution in [-0.2, 0) is 0 Å². The number of carboxylic acids is 1. The van der Waals surface area contributed by atoms with Gasteiger partial charge in [0.1, 0.15) is 11.4 Å². The molecular formula is C13H15FN2O3S. The SMILES string of the molecule is CSC1(CNC(=O)Nc2cccc(F)c2C(=O)O)CC1. The van der Waals surface area contributed by atoms with Crippen LogP contribution in [0.1, 0.15) is 23.2 Å². The molecule has 1 aliphatic carbocycles. The zero-order valence-corrected chi connectivity index (χ0v) is 11.7. The summed E-state index contributed by atoms with van der Waals surface area (Å²) in [5.74, 6) is -2.29. The number of benzene rings is 1. The zero-order valence-electron chi connectivity index (χ0n) is 10.9. The van der Waals surface area contributed by atoms with E-state index >= 15 is 0 Å². The molecule has 1 aliphatic rings. The molecular weight excluding hydrogens is 283 g/mol. The number of aromatic carboxylic acids is 1. The van der Waals surface area contributed by atoms with Gasteiger partial charge in [-0.05, 0) is 31.2 Å². The highest BCUT2D eigenvalue weighted by Crippen LogP contribution is 2.46. The Bertz CT molecular complexity index is 546. The molecule has 1 fully saturated rings. The Morgan fingerprint density at radius 1 is 1.45 bits per heavy atom. The van der Waals surface area contributed by atoms with E-state index in [1.165, 1.54) is 12.1 Å². The summed E-state index contributed by atoms with van der Waals surface area (Å²) < 4.78 is 13.5. The normalized spacial score (nSPS) is 15.5. The van der Waals surface area contributed by atoms with E-state index in [1.807, 2.05) is 6.26 Å². The van der Waals surface area contributed by atoms with Gasteiger partial charge in [0.05, 0.1) is 5.69 Å².